The number of hydrogen-bond donors (Lipinski definition) is 1. The van der Waals surface area contributed by atoms with Gasteiger partial charge in [-0.25, -0.2) is 9.69 Å². The molecule has 0 atom stereocenters. The number of rotatable bonds is 3. The van der Waals surface area contributed by atoms with Gasteiger partial charge in [0.25, 0.3) is 5.91 Å². The fourth-order valence-corrected chi connectivity index (χ4v) is 3.00. The molecule has 2 aliphatic rings. The Kier molecular flexibility index (Phi) is 4.40. The van der Waals surface area contributed by atoms with Gasteiger partial charge in [-0.15, -0.1) is 0 Å². The molecule has 1 N–H and O–H groups in total. The third kappa shape index (κ3) is 3.18. The van der Waals surface area contributed by atoms with E-state index in [1.807, 2.05) is 6.07 Å². The van der Waals surface area contributed by atoms with Crippen molar-refractivity contribution in [1.29, 1.82) is 0 Å². The summed E-state index contributed by atoms with van der Waals surface area (Å²) in [6, 6.07) is 9.58. The zero-order valence-corrected chi connectivity index (χ0v) is 14.5. The minimum atomic E-state index is -0.511. The van der Waals surface area contributed by atoms with Crippen LogP contribution in [0.2, 0.25) is 5.02 Å². The number of furan rings is 1. The molecule has 134 valence electrons. The lowest BCUT2D eigenvalue weighted by Crippen LogP contribution is -2.35. The normalized spacial score (nSPS) is 19.3. The summed E-state index contributed by atoms with van der Waals surface area (Å²) in [5.74, 6) is 0.765. The van der Waals surface area contributed by atoms with Crippen LogP contribution in [0.5, 0.6) is 0 Å². The van der Waals surface area contributed by atoms with Crippen LogP contribution in [0, 0.1) is 0 Å². The molecule has 1 aromatic carbocycles. The fraction of sp³-hybridized carbons (Fsp3) is 0.222. The van der Waals surface area contributed by atoms with Gasteiger partial charge in [0.05, 0.1) is 18.9 Å². The van der Waals surface area contributed by atoms with Crippen molar-refractivity contribution in [1.82, 2.24) is 5.32 Å². The number of nitrogens with zero attached hydrogens (tertiary/aromatic N) is 2. The summed E-state index contributed by atoms with van der Waals surface area (Å²) >= 11 is 5.85. The van der Waals surface area contributed by atoms with Crippen LogP contribution >= 0.6 is 11.6 Å². The number of amides is 3. The Labute approximate surface area is 154 Å². The van der Waals surface area contributed by atoms with Gasteiger partial charge in [-0.1, -0.05) is 11.6 Å². The lowest BCUT2D eigenvalue weighted by atomic mass is 10.3. The number of anilines is 2. The second kappa shape index (κ2) is 6.86. The van der Waals surface area contributed by atoms with E-state index in [0.29, 0.717) is 35.6 Å². The second-order valence-electron chi connectivity index (χ2n) is 5.88. The molecule has 26 heavy (non-hydrogen) atoms. The molecule has 0 unspecified atom stereocenters. The number of imide groups is 1. The van der Waals surface area contributed by atoms with Crippen molar-refractivity contribution >= 4 is 41.2 Å². The second-order valence-corrected chi connectivity index (χ2v) is 6.32. The van der Waals surface area contributed by atoms with Crippen molar-refractivity contribution in [3.63, 3.8) is 0 Å². The number of nitrogens with one attached hydrogen (secondary N) is 1. The van der Waals surface area contributed by atoms with Gasteiger partial charge in [0, 0.05) is 30.3 Å². The highest BCUT2D eigenvalue weighted by atomic mass is 35.5. The number of hydrogen-bond acceptors (Lipinski definition) is 5. The number of morpholine rings is 1. The summed E-state index contributed by atoms with van der Waals surface area (Å²) in [6.45, 7) is 2.82. The molecule has 0 bridgehead atoms. The van der Waals surface area contributed by atoms with Crippen LogP contribution in [0.25, 0.3) is 6.08 Å². The maximum atomic E-state index is 12.6. The monoisotopic (exact) mass is 373 g/mol. The first-order chi connectivity index (χ1) is 12.6. The van der Waals surface area contributed by atoms with E-state index in [2.05, 4.69) is 10.2 Å². The van der Waals surface area contributed by atoms with E-state index < -0.39 is 11.9 Å². The predicted molar refractivity (Wildman–Crippen MR) is 97.2 cm³/mol. The van der Waals surface area contributed by atoms with Gasteiger partial charge >= 0.3 is 6.03 Å². The van der Waals surface area contributed by atoms with Crippen LogP contribution < -0.4 is 15.1 Å². The maximum absolute atomic E-state index is 12.6. The molecule has 0 radical (unpaired) electrons. The first kappa shape index (κ1) is 16.7. The summed E-state index contributed by atoms with van der Waals surface area (Å²) in [4.78, 5) is 27.9. The average Bonchev–Trinajstić information content (AvgIpc) is 3.22. The molecular formula is C18H16ClN3O4. The first-order valence-corrected chi connectivity index (χ1v) is 8.55. The van der Waals surface area contributed by atoms with E-state index in [1.165, 1.54) is 6.08 Å². The smallest absolute Gasteiger partial charge is 0.333 e. The lowest BCUT2D eigenvalue weighted by molar-refractivity contribution is -0.113. The minimum absolute atomic E-state index is 0.160. The van der Waals surface area contributed by atoms with Gasteiger partial charge in [-0.2, -0.15) is 0 Å². The van der Waals surface area contributed by atoms with Gasteiger partial charge < -0.3 is 19.4 Å². The summed E-state index contributed by atoms with van der Waals surface area (Å²) in [5.41, 5.74) is 0.613. The lowest BCUT2D eigenvalue weighted by Gasteiger charge is -2.26. The molecule has 0 spiro atoms. The molecule has 3 heterocycles. The van der Waals surface area contributed by atoms with Crippen LogP contribution in [0.4, 0.5) is 16.4 Å². The van der Waals surface area contributed by atoms with Crippen molar-refractivity contribution in [3.05, 3.63) is 52.9 Å². The molecule has 0 aliphatic carbocycles. The van der Waals surface area contributed by atoms with Gasteiger partial charge in [-0.3, -0.25) is 4.79 Å². The topological polar surface area (TPSA) is 75.0 Å². The van der Waals surface area contributed by atoms with Crippen LogP contribution in [0.3, 0.4) is 0 Å². The fourth-order valence-electron chi connectivity index (χ4n) is 2.88. The van der Waals surface area contributed by atoms with Crippen LogP contribution in [-0.4, -0.2) is 38.2 Å². The highest BCUT2D eigenvalue weighted by molar-refractivity contribution is 6.31. The maximum Gasteiger partial charge on any atom is 0.333 e. The van der Waals surface area contributed by atoms with Gasteiger partial charge in [0.2, 0.25) is 0 Å². The zero-order chi connectivity index (χ0) is 18.1. The standard InChI is InChI=1S/C18H16ClN3O4/c19-12-1-3-13(4-2-12)22-17(23)15(20-18(22)24)11-14-5-6-16(26-14)21-7-9-25-10-8-21/h1-6,11H,7-10H2,(H,20,24)/b15-11+. The number of carbonyl (C=O) groups excluding carboxylic acids is 2. The summed E-state index contributed by atoms with van der Waals surface area (Å²) < 4.78 is 11.1. The predicted octanol–water partition coefficient (Wildman–Crippen LogP) is 2.87. The van der Waals surface area contributed by atoms with Crippen molar-refractivity contribution in [3.8, 4) is 0 Å². The Morgan fingerprint density at radius 1 is 1.04 bits per heavy atom. The van der Waals surface area contributed by atoms with Gasteiger partial charge in [0.1, 0.15) is 11.5 Å². The molecule has 8 heteroatoms. The van der Waals surface area contributed by atoms with Crippen molar-refractivity contribution in [2.75, 3.05) is 36.1 Å². The quantitative estimate of drug-likeness (QED) is 0.661. The third-order valence-electron chi connectivity index (χ3n) is 4.18. The highest BCUT2D eigenvalue weighted by Crippen LogP contribution is 2.25. The highest BCUT2D eigenvalue weighted by Gasteiger charge is 2.35. The molecule has 0 saturated carbocycles. The van der Waals surface area contributed by atoms with Crippen LogP contribution in [0.15, 0.2) is 46.5 Å². The third-order valence-corrected chi connectivity index (χ3v) is 4.44. The van der Waals surface area contributed by atoms with Crippen molar-refractivity contribution in [2.45, 2.75) is 0 Å². The largest absolute Gasteiger partial charge is 0.441 e. The molecule has 1 aromatic heterocycles. The zero-order valence-electron chi connectivity index (χ0n) is 13.8. The van der Waals surface area contributed by atoms with Crippen molar-refractivity contribution < 1.29 is 18.7 Å². The molecule has 2 aliphatic heterocycles. The molecule has 2 fully saturated rings. The van der Waals surface area contributed by atoms with E-state index in [-0.39, 0.29) is 5.70 Å². The van der Waals surface area contributed by atoms with Gasteiger partial charge in [-0.05, 0) is 30.3 Å². The van der Waals surface area contributed by atoms with Crippen molar-refractivity contribution in [2.24, 2.45) is 0 Å². The Morgan fingerprint density at radius 2 is 1.77 bits per heavy atom. The van der Waals surface area contributed by atoms with Crippen LogP contribution in [-0.2, 0) is 9.53 Å². The molecule has 2 aromatic rings. The summed E-state index contributed by atoms with van der Waals surface area (Å²) in [5, 5.41) is 3.11. The first-order valence-electron chi connectivity index (χ1n) is 8.17. The number of urea groups is 1. The van der Waals surface area contributed by atoms with Crippen LogP contribution in [0.1, 0.15) is 5.76 Å². The molecule has 3 amide bonds. The molecule has 2 saturated heterocycles. The minimum Gasteiger partial charge on any atom is -0.441 e. The van der Waals surface area contributed by atoms with E-state index >= 15 is 0 Å². The summed E-state index contributed by atoms with van der Waals surface area (Å²) in [6.07, 6.45) is 1.53. The van der Waals surface area contributed by atoms with E-state index in [1.54, 1.807) is 30.3 Å². The molecule has 4 rings (SSSR count). The Bertz CT molecular complexity index is 869. The number of carbonyl (C=O) groups is 2. The average molecular weight is 374 g/mol. The summed E-state index contributed by atoms with van der Waals surface area (Å²) in [7, 11) is 0. The van der Waals surface area contributed by atoms with E-state index in [0.717, 1.165) is 18.0 Å². The number of benzene rings is 1. The van der Waals surface area contributed by atoms with Gasteiger partial charge in [0.15, 0.2) is 5.88 Å². The Hall–Kier alpha value is -2.77. The van der Waals surface area contributed by atoms with E-state index in [4.69, 9.17) is 20.8 Å². The molecular weight excluding hydrogens is 358 g/mol. The Balaban J connectivity index is 1.54. The number of halogens is 1. The Morgan fingerprint density at radius 3 is 2.50 bits per heavy atom. The number of ether oxygens (including phenoxy) is 1. The van der Waals surface area contributed by atoms with E-state index in [9.17, 15) is 9.59 Å². The molecule has 7 nitrogen and oxygen atoms in total. The SMILES string of the molecule is O=C1N/C(=C/c2ccc(N3CCOCC3)o2)C(=O)N1c1ccc(Cl)cc1.